The van der Waals surface area contributed by atoms with Crippen LogP contribution in [0.2, 0.25) is 0 Å². The van der Waals surface area contributed by atoms with Crippen LogP contribution in [0.4, 0.5) is 6.01 Å². The minimum atomic E-state index is -0.485. The second-order valence-corrected chi connectivity index (χ2v) is 3.97. The molecule has 6 heteroatoms. The van der Waals surface area contributed by atoms with Gasteiger partial charge in [-0.2, -0.15) is 4.98 Å². The number of ether oxygens (including phenoxy) is 1. The Bertz CT molecular complexity index is 385. The van der Waals surface area contributed by atoms with E-state index in [0.717, 1.165) is 25.9 Å². The molecule has 0 bridgehead atoms. The SMILES string of the molecule is CCOC(=O)c1nc(N2CCCC2)oc1S. The van der Waals surface area contributed by atoms with Crippen LogP contribution in [-0.4, -0.2) is 30.6 Å². The molecule has 0 unspecified atom stereocenters. The number of nitrogens with zero attached hydrogens (tertiary/aromatic N) is 2. The molecule has 0 atom stereocenters. The molecule has 1 fully saturated rings. The lowest BCUT2D eigenvalue weighted by Crippen LogP contribution is -2.18. The van der Waals surface area contributed by atoms with E-state index in [-0.39, 0.29) is 10.8 Å². The first-order valence-electron chi connectivity index (χ1n) is 5.34. The third-order valence-electron chi connectivity index (χ3n) is 2.44. The van der Waals surface area contributed by atoms with E-state index in [0.29, 0.717) is 12.6 Å². The summed E-state index contributed by atoms with van der Waals surface area (Å²) in [7, 11) is 0. The summed E-state index contributed by atoms with van der Waals surface area (Å²) in [5, 5.41) is 0.223. The monoisotopic (exact) mass is 242 g/mol. The molecule has 0 N–H and O–H groups in total. The summed E-state index contributed by atoms with van der Waals surface area (Å²) in [6, 6.07) is 0.463. The molecular formula is C10H14N2O3S. The second-order valence-electron chi connectivity index (χ2n) is 3.56. The third kappa shape index (κ3) is 2.16. The Balaban J connectivity index is 2.17. The highest BCUT2D eigenvalue weighted by Crippen LogP contribution is 2.25. The van der Waals surface area contributed by atoms with Gasteiger partial charge in [-0.25, -0.2) is 4.79 Å². The number of hydrogen-bond acceptors (Lipinski definition) is 6. The maximum Gasteiger partial charge on any atom is 0.361 e. The number of esters is 1. The molecule has 0 saturated carbocycles. The summed E-state index contributed by atoms with van der Waals surface area (Å²) in [6.07, 6.45) is 2.25. The van der Waals surface area contributed by atoms with Gasteiger partial charge in [-0.15, -0.1) is 12.6 Å². The van der Waals surface area contributed by atoms with Crippen molar-refractivity contribution in [3.8, 4) is 0 Å². The Hall–Kier alpha value is -1.17. The zero-order valence-corrected chi connectivity index (χ0v) is 10.00. The van der Waals surface area contributed by atoms with Gasteiger partial charge < -0.3 is 14.1 Å². The summed E-state index contributed by atoms with van der Waals surface area (Å²) < 4.78 is 10.2. The molecule has 1 aromatic rings. The first-order valence-corrected chi connectivity index (χ1v) is 5.79. The summed E-state index contributed by atoms with van der Waals surface area (Å²) in [6.45, 7) is 3.89. The molecule has 1 aliphatic rings. The van der Waals surface area contributed by atoms with Gasteiger partial charge in [0.15, 0.2) is 5.09 Å². The maximum absolute atomic E-state index is 11.5. The number of oxazole rings is 1. The highest BCUT2D eigenvalue weighted by molar-refractivity contribution is 7.80. The van der Waals surface area contributed by atoms with Gasteiger partial charge in [0.25, 0.3) is 6.01 Å². The quantitative estimate of drug-likeness (QED) is 0.646. The molecule has 0 aliphatic carbocycles. The van der Waals surface area contributed by atoms with Crippen molar-refractivity contribution in [3.05, 3.63) is 5.69 Å². The zero-order valence-electron chi connectivity index (χ0n) is 9.10. The van der Waals surface area contributed by atoms with Crippen molar-refractivity contribution in [3.63, 3.8) is 0 Å². The van der Waals surface area contributed by atoms with Crippen molar-refractivity contribution in [2.45, 2.75) is 24.9 Å². The highest BCUT2D eigenvalue weighted by Gasteiger charge is 2.23. The molecule has 0 amide bonds. The van der Waals surface area contributed by atoms with E-state index >= 15 is 0 Å². The Kier molecular flexibility index (Phi) is 3.38. The van der Waals surface area contributed by atoms with Crippen LogP contribution in [-0.2, 0) is 4.74 Å². The lowest BCUT2D eigenvalue weighted by molar-refractivity contribution is 0.0513. The lowest BCUT2D eigenvalue weighted by Gasteiger charge is -2.10. The molecule has 1 aromatic heterocycles. The molecule has 1 saturated heterocycles. The van der Waals surface area contributed by atoms with Crippen molar-refractivity contribution in [1.29, 1.82) is 0 Å². The molecule has 2 rings (SSSR count). The van der Waals surface area contributed by atoms with E-state index in [4.69, 9.17) is 9.15 Å². The number of thiol groups is 1. The highest BCUT2D eigenvalue weighted by atomic mass is 32.1. The molecule has 2 heterocycles. The predicted molar refractivity (Wildman–Crippen MR) is 61.2 cm³/mol. The summed E-state index contributed by atoms with van der Waals surface area (Å²) in [5.41, 5.74) is 0.159. The number of carbonyl (C=O) groups excluding carboxylic acids is 1. The van der Waals surface area contributed by atoms with Gasteiger partial charge in [-0.1, -0.05) is 0 Å². The second kappa shape index (κ2) is 4.78. The predicted octanol–water partition coefficient (Wildman–Crippen LogP) is 1.74. The molecule has 0 aromatic carbocycles. The average molecular weight is 242 g/mol. The Morgan fingerprint density at radius 2 is 2.25 bits per heavy atom. The van der Waals surface area contributed by atoms with E-state index in [1.165, 1.54) is 0 Å². The summed E-state index contributed by atoms with van der Waals surface area (Å²) in [4.78, 5) is 17.6. The van der Waals surface area contributed by atoms with E-state index in [1.807, 2.05) is 4.90 Å². The maximum atomic E-state index is 11.5. The summed E-state index contributed by atoms with van der Waals surface area (Å²) in [5.74, 6) is -0.485. The van der Waals surface area contributed by atoms with Crippen molar-refractivity contribution in [2.24, 2.45) is 0 Å². The minimum absolute atomic E-state index is 0.159. The molecule has 1 aliphatic heterocycles. The number of hydrogen-bond donors (Lipinski definition) is 1. The largest absolute Gasteiger partial charge is 0.461 e. The molecule has 16 heavy (non-hydrogen) atoms. The van der Waals surface area contributed by atoms with Crippen molar-refractivity contribution >= 4 is 24.6 Å². The molecule has 5 nitrogen and oxygen atoms in total. The van der Waals surface area contributed by atoms with Crippen LogP contribution in [0.3, 0.4) is 0 Å². The first-order chi connectivity index (χ1) is 7.72. The van der Waals surface area contributed by atoms with Gasteiger partial charge in [0, 0.05) is 13.1 Å². The molecule has 0 spiro atoms. The van der Waals surface area contributed by atoms with Gasteiger partial charge in [-0.3, -0.25) is 0 Å². The molecular weight excluding hydrogens is 228 g/mol. The van der Waals surface area contributed by atoms with Crippen LogP contribution in [0.15, 0.2) is 9.51 Å². The third-order valence-corrected chi connectivity index (χ3v) is 2.75. The standard InChI is InChI=1S/C10H14N2O3S/c1-2-14-8(13)7-9(16)15-10(11-7)12-5-3-4-6-12/h16H,2-6H2,1H3. The summed E-state index contributed by atoms with van der Waals surface area (Å²) >= 11 is 4.09. The normalized spacial score (nSPS) is 15.5. The van der Waals surface area contributed by atoms with E-state index in [2.05, 4.69) is 17.6 Å². The number of aromatic nitrogens is 1. The van der Waals surface area contributed by atoms with Gasteiger partial charge in [0.1, 0.15) is 0 Å². The van der Waals surface area contributed by atoms with Crippen LogP contribution in [0.1, 0.15) is 30.3 Å². The Morgan fingerprint density at radius 1 is 1.56 bits per heavy atom. The van der Waals surface area contributed by atoms with Crippen molar-refractivity contribution < 1.29 is 13.9 Å². The van der Waals surface area contributed by atoms with Crippen molar-refractivity contribution in [2.75, 3.05) is 24.6 Å². The van der Waals surface area contributed by atoms with Crippen LogP contribution in [0.25, 0.3) is 0 Å². The fourth-order valence-corrected chi connectivity index (χ4v) is 1.90. The zero-order chi connectivity index (χ0) is 11.5. The van der Waals surface area contributed by atoms with E-state index in [1.54, 1.807) is 6.92 Å². The Labute approximate surface area is 99.2 Å². The van der Waals surface area contributed by atoms with Crippen molar-refractivity contribution in [1.82, 2.24) is 4.98 Å². The number of anilines is 1. The van der Waals surface area contributed by atoms with Gasteiger partial charge in [-0.05, 0) is 19.8 Å². The van der Waals surface area contributed by atoms with Gasteiger partial charge >= 0.3 is 5.97 Å². The average Bonchev–Trinajstić information content (AvgIpc) is 2.86. The first kappa shape index (κ1) is 11.3. The van der Waals surface area contributed by atoms with Crippen LogP contribution >= 0.6 is 12.6 Å². The molecule has 0 radical (unpaired) electrons. The van der Waals surface area contributed by atoms with Crippen LogP contribution < -0.4 is 4.90 Å². The number of rotatable bonds is 3. The van der Waals surface area contributed by atoms with Crippen LogP contribution in [0, 0.1) is 0 Å². The minimum Gasteiger partial charge on any atom is -0.461 e. The lowest BCUT2D eigenvalue weighted by atomic mass is 10.4. The topological polar surface area (TPSA) is 55.6 Å². The Morgan fingerprint density at radius 3 is 2.88 bits per heavy atom. The van der Waals surface area contributed by atoms with Gasteiger partial charge in [0.05, 0.1) is 6.61 Å². The molecule has 88 valence electrons. The number of carbonyl (C=O) groups is 1. The fourth-order valence-electron chi connectivity index (χ4n) is 1.68. The van der Waals surface area contributed by atoms with Crippen LogP contribution in [0.5, 0.6) is 0 Å². The van der Waals surface area contributed by atoms with E-state index < -0.39 is 5.97 Å². The van der Waals surface area contributed by atoms with E-state index in [9.17, 15) is 4.79 Å². The van der Waals surface area contributed by atoms with Gasteiger partial charge in [0.2, 0.25) is 5.69 Å². The smallest absolute Gasteiger partial charge is 0.361 e. The fraction of sp³-hybridized carbons (Fsp3) is 0.600.